The van der Waals surface area contributed by atoms with Gasteiger partial charge < -0.3 is 20.4 Å². The Labute approximate surface area is 239 Å². The van der Waals surface area contributed by atoms with Crippen LogP contribution < -0.4 is 0 Å². The van der Waals surface area contributed by atoms with Crippen molar-refractivity contribution in [3.05, 3.63) is 60.8 Å². The maximum Gasteiger partial charge on any atom is 0.319 e. The number of unbranched alkanes of at least 4 members (excludes halogenated alkanes) is 8. The second-order valence-electron chi connectivity index (χ2n) is 9.58. The first kappa shape index (κ1) is 38.7. The smallest absolute Gasteiger partial charge is 0.319 e. The van der Waals surface area contributed by atoms with E-state index in [4.69, 9.17) is 10.2 Å². The highest BCUT2D eigenvalue weighted by molar-refractivity contribution is 5.93. The van der Waals surface area contributed by atoms with Gasteiger partial charge in [0.2, 0.25) is 0 Å². The van der Waals surface area contributed by atoms with Crippen LogP contribution in [0.1, 0.15) is 98.8 Å². The molecular formula is C32H50O8. The van der Waals surface area contributed by atoms with E-state index in [0.717, 1.165) is 19.3 Å². The fraction of sp³-hybridized carbons (Fsp3) is 0.562. The van der Waals surface area contributed by atoms with Crippen molar-refractivity contribution in [3.63, 3.8) is 0 Å². The van der Waals surface area contributed by atoms with E-state index in [1.807, 2.05) is 0 Å². The number of hydrogen-bond donors (Lipinski definition) is 4. The van der Waals surface area contributed by atoms with Gasteiger partial charge in [-0.15, -0.1) is 0 Å². The van der Waals surface area contributed by atoms with E-state index in [1.165, 1.54) is 68.9 Å². The molecule has 1 unspecified atom stereocenters. The Morgan fingerprint density at radius 3 is 1.30 bits per heavy atom. The van der Waals surface area contributed by atoms with Crippen molar-refractivity contribution in [2.24, 2.45) is 16.7 Å². The molecule has 4 N–H and O–H groups in total. The van der Waals surface area contributed by atoms with Crippen molar-refractivity contribution in [1.29, 1.82) is 0 Å². The lowest BCUT2D eigenvalue weighted by atomic mass is 9.62. The molecule has 226 valence electrons. The number of carbonyl (C=O) groups is 4. The summed E-state index contributed by atoms with van der Waals surface area (Å²) in [5.41, 5.74) is -3.36. The fourth-order valence-electron chi connectivity index (χ4n) is 4.44. The minimum Gasteiger partial charge on any atom is -0.481 e. The Hall–Kier alpha value is -3.42. The van der Waals surface area contributed by atoms with Crippen molar-refractivity contribution in [2.75, 3.05) is 0 Å². The van der Waals surface area contributed by atoms with E-state index in [0.29, 0.717) is 0 Å². The Kier molecular flexibility index (Phi) is 21.7. The maximum atomic E-state index is 11.9. The summed E-state index contributed by atoms with van der Waals surface area (Å²) in [5, 5.41) is 36.8. The number of carboxylic acids is 4. The molecule has 1 atom stereocenters. The lowest BCUT2D eigenvalue weighted by Gasteiger charge is -2.37. The lowest BCUT2D eigenvalue weighted by Crippen LogP contribution is -2.48. The second kappa shape index (κ2) is 22.4. The van der Waals surface area contributed by atoms with Crippen LogP contribution in [0.4, 0.5) is 0 Å². The number of rotatable bonds is 20. The van der Waals surface area contributed by atoms with Crippen LogP contribution in [0, 0.1) is 16.7 Å². The van der Waals surface area contributed by atoms with Crippen molar-refractivity contribution in [3.8, 4) is 0 Å². The number of allylic oxidation sites excluding steroid dienone is 5. The van der Waals surface area contributed by atoms with Crippen molar-refractivity contribution >= 4 is 23.9 Å². The van der Waals surface area contributed by atoms with Gasteiger partial charge in [-0.05, 0) is 40.5 Å². The van der Waals surface area contributed by atoms with E-state index in [2.05, 4.69) is 6.92 Å². The zero-order valence-electron chi connectivity index (χ0n) is 24.8. The van der Waals surface area contributed by atoms with Crippen LogP contribution in [0.15, 0.2) is 60.8 Å². The third-order valence-electron chi connectivity index (χ3n) is 6.41. The zero-order valence-corrected chi connectivity index (χ0v) is 24.8. The van der Waals surface area contributed by atoms with E-state index >= 15 is 0 Å². The summed E-state index contributed by atoms with van der Waals surface area (Å²) in [4.78, 5) is 45.0. The van der Waals surface area contributed by atoms with E-state index in [-0.39, 0.29) is 6.42 Å². The molecular weight excluding hydrogens is 512 g/mol. The van der Waals surface area contributed by atoms with Crippen molar-refractivity contribution in [1.82, 2.24) is 0 Å². The first-order valence-electron chi connectivity index (χ1n) is 14.1. The quantitative estimate of drug-likeness (QED) is 0.0871. The first-order chi connectivity index (χ1) is 19.0. The van der Waals surface area contributed by atoms with E-state index in [9.17, 15) is 29.4 Å². The highest BCUT2D eigenvalue weighted by Crippen LogP contribution is 2.46. The Bertz CT molecular complexity index is 840. The molecule has 0 aliphatic rings. The van der Waals surface area contributed by atoms with Crippen molar-refractivity contribution in [2.45, 2.75) is 98.8 Å². The Morgan fingerprint density at radius 1 is 0.625 bits per heavy atom. The standard InChI is InChI=1S/C16H22O4.C16H28O4/c1-5-9-15(10-6-2,13(17)18)16(11-7-3,12-8-4)14(19)20;1-2-3-4-5-6-7-8-9-10-11-12-14(16(19)20)13-15(17)18/h5-12H,1-4H3,(H,17,18)(H,19,20);11-12,14H,2-10,13H2,1H3,(H,17,18)(H,19,20)/b9-5-,10-6-,11-7-,12-8-;12-11+. The van der Waals surface area contributed by atoms with Crippen LogP contribution in [-0.4, -0.2) is 44.3 Å². The largest absolute Gasteiger partial charge is 0.481 e. The molecule has 0 bridgehead atoms. The van der Waals surface area contributed by atoms with Crippen LogP contribution >= 0.6 is 0 Å². The summed E-state index contributed by atoms with van der Waals surface area (Å²) in [6, 6.07) is 0. The molecule has 0 heterocycles. The molecule has 0 amide bonds. The van der Waals surface area contributed by atoms with Gasteiger partial charge in [0, 0.05) is 0 Å². The molecule has 0 saturated heterocycles. The Balaban J connectivity index is 0. The molecule has 0 radical (unpaired) electrons. The monoisotopic (exact) mass is 562 g/mol. The molecule has 0 aromatic heterocycles. The topological polar surface area (TPSA) is 149 Å². The summed E-state index contributed by atoms with van der Waals surface area (Å²) in [6.45, 7) is 8.87. The summed E-state index contributed by atoms with van der Waals surface area (Å²) in [6.07, 6.45) is 25.6. The molecule has 8 heteroatoms. The third kappa shape index (κ3) is 13.6. The van der Waals surface area contributed by atoms with Gasteiger partial charge in [0.25, 0.3) is 0 Å². The van der Waals surface area contributed by atoms with Crippen molar-refractivity contribution < 1.29 is 39.6 Å². The SMILES string of the molecule is C/C=C\C(/C=C\C)(C(=O)O)C(/C=C\C)(/C=C\C)C(=O)O.CCCCCCCCCC/C=C/C(CC(=O)O)C(=O)O. The van der Waals surface area contributed by atoms with Gasteiger partial charge in [-0.2, -0.15) is 0 Å². The summed E-state index contributed by atoms with van der Waals surface area (Å²) < 4.78 is 0. The highest BCUT2D eigenvalue weighted by Gasteiger charge is 2.55. The predicted molar refractivity (Wildman–Crippen MR) is 159 cm³/mol. The maximum absolute atomic E-state index is 11.9. The minimum absolute atomic E-state index is 0.344. The average Bonchev–Trinajstić information content (AvgIpc) is 2.88. The van der Waals surface area contributed by atoms with Gasteiger partial charge in [0.15, 0.2) is 0 Å². The molecule has 40 heavy (non-hydrogen) atoms. The van der Waals surface area contributed by atoms with Gasteiger partial charge in [0.1, 0.15) is 10.8 Å². The highest BCUT2D eigenvalue weighted by atomic mass is 16.4. The molecule has 0 saturated carbocycles. The molecule has 0 aromatic carbocycles. The van der Waals surface area contributed by atoms with Crippen LogP contribution in [0.2, 0.25) is 0 Å². The molecule has 0 aliphatic heterocycles. The predicted octanol–water partition coefficient (Wildman–Crippen LogP) is 7.68. The normalized spacial score (nSPS) is 13.3. The third-order valence-corrected chi connectivity index (χ3v) is 6.41. The first-order valence-corrected chi connectivity index (χ1v) is 14.1. The van der Waals surface area contributed by atoms with E-state index < -0.39 is 40.6 Å². The van der Waals surface area contributed by atoms with E-state index in [1.54, 1.807) is 58.1 Å². The zero-order chi connectivity index (χ0) is 31.0. The lowest BCUT2D eigenvalue weighted by molar-refractivity contribution is -0.158. The average molecular weight is 563 g/mol. The molecule has 0 fully saturated rings. The van der Waals surface area contributed by atoms with Gasteiger partial charge >= 0.3 is 23.9 Å². The number of hydrogen-bond acceptors (Lipinski definition) is 4. The van der Waals surface area contributed by atoms with Crippen LogP contribution in [0.5, 0.6) is 0 Å². The van der Waals surface area contributed by atoms with Gasteiger partial charge in [-0.1, -0.05) is 113 Å². The minimum atomic E-state index is -1.68. The van der Waals surface area contributed by atoms with Crippen LogP contribution in [0.3, 0.4) is 0 Å². The number of aliphatic carboxylic acids is 4. The van der Waals surface area contributed by atoms with Crippen LogP contribution in [-0.2, 0) is 19.2 Å². The van der Waals surface area contributed by atoms with Gasteiger partial charge in [0.05, 0.1) is 12.3 Å². The molecule has 0 spiro atoms. The molecule has 8 nitrogen and oxygen atoms in total. The molecule has 0 aromatic rings. The summed E-state index contributed by atoms with van der Waals surface area (Å²) in [7, 11) is 0. The molecule has 0 aliphatic carbocycles. The van der Waals surface area contributed by atoms with Gasteiger partial charge in [-0.3, -0.25) is 19.2 Å². The number of carboxylic acid groups (broad SMARTS) is 4. The summed E-state index contributed by atoms with van der Waals surface area (Å²) >= 11 is 0. The second-order valence-corrected chi connectivity index (χ2v) is 9.58. The van der Waals surface area contributed by atoms with Gasteiger partial charge in [-0.25, -0.2) is 0 Å². The van der Waals surface area contributed by atoms with Crippen LogP contribution in [0.25, 0.3) is 0 Å². The molecule has 0 rings (SSSR count). The Morgan fingerprint density at radius 2 is 1.00 bits per heavy atom. The summed E-state index contributed by atoms with van der Waals surface area (Å²) in [5.74, 6) is -5.48. The fourth-order valence-corrected chi connectivity index (χ4v) is 4.44.